The minimum Gasteiger partial charge on any atom is -0.465 e. The van der Waals surface area contributed by atoms with Gasteiger partial charge in [-0.3, -0.25) is 10.1 Å². The molecule has 1 aliphatic rings. The van der Waals surface area contributed by atoms with Crippen molar-refractivity contribution in [1.82, 2.24) is 24.6 Å². The molecular weight excluding hydrogens is 387 g/mol. The van der Waals surface area contributed by atoms with Gasteiger partial charge in [-0.05, 0) is 18.9 Å². The van der Waals surface area contributed by atoms with Crippen LogP contribution < -0.4 is 4.74 Å². The van der Waals surface area contributed by atoms with Crippen molar-refractivity contribution in [2.75, 3.05) is 13.1 Å². The van der Waals surface area contributed by atoms with E-state index in [0.717, 1.165) is 18.2 Å². The van der Waals surface area contributed by atoms with E-state index < -0.39 is 16.8 Å². The number of non-ortho nitro benzene ring substituents is 1. The largest absolute Gasteiger partial charge is 0.465 e. The fraction of sp³-hybridized carbons (Fsp3) is 0.294. The standard InChI is InChI=1S/C17H15FN6O5/c18-13-7-11(24(27)28)1-2-14(13)29-16-12-8-21-23(15(12)19-9-20-16)10-3-5-22(6-4-10)17(25)26/h1-2,7-10H,3-6H2,(H,25,26). The van der Waals surface area contributed by atoms with E-state index in [0.29, 0.717) is 37.0 Å². The minimum absolute atomic E-state index is 0.0399. The molecule has 12 heteroatoms. The van der Waals surface area contributed by atoms with Gasteiger partial charge in [0.1, 0.15) is 11.7 Å². The van der Waals surface area contributed by atoms with Crippen LogP contribution in [0.5, 0.6) is 11.6 Å². The van der Waals surface area contributed by atoms with Gasteiger partial charge < -0.3 is 14.7 Å². The minimum atomic E-state index is -0.947. The number of nitrogens with zero attached hydrogens (tertiary/aromatic N) is 6. The molecule has 150 valence electrons. The summed E-state index contributed by atoms with van der Waals surface area (Å²) in [4.78, 5) is 30.7. The van der Waals surface area contributed by atoms with E-state index in [1.54, 1.807) is 4.68 Å². The average molecular weight is 402 g/mol. The van der Waals surface area contributed by atoms with Gasteiger partial charge in [0.2, 0.25) is 5.88 Å². The maximum Gasteiger partial charge on any atom is 0.407 e. The first-order valence-electron chi connectivity index (χ1n) is 8.72. The molecule has 0 aliphatic carbocycles. The summed E-state index contributed by atoms with van der Waals surface area (Å²) in [5.74, 6) is -1.03. The third kappa shape index (κ3) is 3.51. The maximum atomic E-state index is 14.1. The highest BCUT2D eigenvalue weighted by Gasteiger charge is 2.26. The van der Waals surface area contributed by atoms with E-state index in [4.69, 9.17) is 9.84 Å². The second kappa shape index (κ2) is 7.30. The summed E-state index contributed by atoms with van der Waals surface area (Å²) >= 11 is 0. The molecule has 1 saturated heterocycles. The smallest absolute Gasteiger partial charge is 0.407 e. The molecule has 0 atom stereocenters. The summed E-state index contributed by atoms with van der Waals surface area (Å²) in [7, 11) is 0. The maximum absolute atomic E-state index is 14.1. The molecule has 11 nitrogen and oxygen atoms in total. The Balaban J connectivity index is 1.60. The first-order valence-corrected chi connectivity index (χ1v) is 8.72. The predicted octanol–water partition coefficient (Wildman–Crippen LogP) is 2.98. The Morgan fingerprint density at radius 3 is 2.72 bits per heavy atom. The van der Waals surface area contributed by atoms with Crippen molar-refractivity contribution >= 4 is 22.8 Å². The topological polar surface area (TPSA) is 137 Å². The Morgan fingerprint density at radius 2 is 2.07 bits per heavy atom. The van der Waals surface area contributed by atoms with Crippen LogP contribution in [0.4, 0.5) is 14.9 Å². The lowest BCUT2D eigenvalue weighted by molar-refractivity contribution is -0.385. The van der Waals surface area contributed by atoms with Crippen molar-refractivity contribution in [3.05, 3.63) is 46.7 Å². The van der Waals surface area contributed by atoms with Crippen molar-refractivity contribution in [2.45, 2.75) is 18.9 Å². The van der Waals surface area contributed by atoms with Crippen LogP contribution in [0, 0.1) is 15.9 Å². The molecule has 1 N–H and O–H groups in total. The van der Waals surface area contributed by atoms with Crippen molar-refractivity contribution in [3.8, 4) is 11.6 Å². The van der Waals surface area contributed by atoms with Crippen LogP contribution in [0.25, 0.3) is 11.0 Å². The van der Waals surface area contributed by atoms with Crippen LogP contribution in [-0.2, 0) is 0 Å². The number of fused-ring (bicyclic) bond motifs is 1. The molecule has 29 heavy (non-hydrogen) atoms. The molecular formula is C17H15FN6O5. The molecule has 0 unspecified atom stereocenters. The summed E-state index contributed by atoms with van der Waals surface area (Å²) in [6.45, 7) is 0.785. The van der Waals surface area contributed by atoms with Gasteiger partial charge in [0.25, 0.3) is 5.69 Å². The molecule has 0 radical (unpaired) electrons. The Labute approximate surface area is 162 Å². The highest BCUT2D eigenvalue weighted by Crippen LogP contribution is 2.32. The van der Waals surface area contributed by atoms with Crippen molar-refractivity contribution < 1.29 is 24.0 Å². The molecule has 4 rings (SSSR count). The zero-order valence-corrected chi connectivity index (χ0v) is 14.9. The van der Waals surface area contributed by atoms with Gasteiger partial charge in [-0.15, -0.1) is 0 Å². The molecule has 0 bridgehead atoms. The predicted molar refractivity (Wildman–Crippen MR) is 96.3 cm³/mol. The molecule has 3 aromatic rings. The van der Waals surface area contributed by atoms with Gasteiger partial charge in [-0.25, -0.2) is 23.8 Å². The molecule has 0 spiro atoms. The summed E-state index contributed by atoms with van der Waals surface area (Å²) in [6.07, 6.45) is 2.97. The summed E-state index contributed by atoms with van der Waals surface area (Å²) in [5.41, 5.74) is 0.0919. The number of hydrogen-bond donors (Lipinski definition) is 1. The third-order valence-electron chi connectivity index (χ3n) is 4.77. The lowest BCUT2D eigenvalue weighted by Crippen LogP contribution is -2.38. The summed E-state index contributed by atoms with van der Waals surface area (Å²) in [5, 5.41) is 24.6. The second-order valence-corrected chi connectivity index (χ2v) is 6.48. The van der Waals surface area contributed by atoms with Crippen LogP contribution in [-0.4, -0.2) is 53.9 Å². The summed E-state index contributed by atoms with van der Waals surface area (Å²) in [6, 6.07) is 3.03. The van der Waals surface area contributed by atoms with E-state index in [1.165, 1.54) is 17.4 Å². The van der Waals surface area contributed by atoms with Crippen LogP contribution in [0.15, 0.2) is 30.7 Å². The fourth-order valence-electron chi connectivity index (χ4n) is 3.28. The SMILES string of the molecule is O=C(O)N1CCC(n2ncc3c(Oc4ccc([N+](=O)[O-])cc4F)ncnc32)CC1. The Morgan fingerprint density at radius 1 is 1.31 bits per heavy atom. The highest BCUT2D eigenvalue weighted by molar-refractivity contribution is 5.80. The zero-order valence-electron chi connectivity index (χ0n) is 14.9. The quantitative estimate of drug-likeness (QED) is 0.519. The number of halogens is 1. The Kier molecular flexibility index (Phi) is 4.66. The van der Waals surface area contributed by atoms with Crippen LogP contribution in [0.1, 0.15) is 18.9 Å². The van der Waals surface area contributed by atoms with E-state index in [9.17, 15) is 19.3 Å². The number of piperidine rings is 1. The van der Waals surface area contributed by atoms with Crippen molar-refractivity contribution in [2.24, 2.45) is 0 Å². The number of carbonyl (C=O) groups is 1. The molecule has 1 aromatic carbocycles. The molecule has 1 aliphatic heterocycles. The number of nitro benzene ring substituents is 1. The molecule has 2 aromatic heterocycles. The van der Waals surface area contributed by atoms with Gasteiger partial charge in [-0.2, -0.15) is 5.10 Å². The number of ether oxygens (including phenoxy) is 1. The zero-order chi connectivity index (χ0) is 20.5. The van der Waals surface area contributed by atoms with Gasteiger partial charge in [0.05, 0.1) is 23.2 Å². The molecule has 0 saturated carbocycles. The Bertz CT molecular complexity index is 1100. The van der Waals surface area contributed by atoms with Crippen molar-refractivity contribution in [3.63, 3.8) is 0 Å². The highest BCUT2D eigenvalue weighted by atomic mass is 19.1. The van der Waals surface area contributed by atoms with Crippen LogP contribution in [0.2, 0.25) is 0 Å². The first kappa shape index (κ1) is 18.5. The normalized spacial score (nSPS) is 14.9. The third-order valence-corrected chi connectivity index (χ3v) is 4.77. The van der Waals surface area contributed by atoms with Gasteiger partial charge >= 0.3 is 6.09 Å². The second-order valence-electron chi connectivity index (χ2n) is 6.48. The van der Waals surface area contributed by atoms with Crippen molar-refractivity contribution in [1.29, 1.82) is 0 Å². The van der Waals surface area contributed by atoms with Gasteiger partial charge in [0.15, 0.2) is 17.2 Å². The average Bonchev–Trinajstić information content (AvgIpc) is 3.14. The number of likely N-dealkylation sites (tertiary alicyclic amines) is 1. The number of aromatic nitrogens is 4. The van der Waals surface area contributed by atoms with E-state index in [1.807, 2.05) is 0 Å². The molecule has 1 amide bonds. The number of carboxylic acid groups (broad SMARTS) is 1. The number of nitro groups is 1. The lowest BCUT2D eigenvalue weighted by atomic mass is 10.1. The van der Waals surface area contributed by atoms with E-state index >= 15 is 0 Å². The van der Waals surface area contributed by atoms with Gasteiger partial charge in [-0.1, -0.05) is 0 Å². The first-order chi connectivity index (χ1) is 13.9. The molecule has 3 heterocycles. The number of amides is 1. The van der Waals surface area contributed by atoms with E-state index in [2.05, 4.69) is 15.1 Å². The number of hydrogen-bond acceptors (Lipinski definition) is 7. The molecule has 1 fully saturated rings. The van der Waals surface area contributed by atoms with Gasteiger partial charge in [0, 0.05) is 19.2 Å². The number of rotatable bonds is 4. The lowest BCUT2D eigenvalue weighted by Gasteiger charge is -2.30. The monoisotopic (exact) mass is 402 g/mol. The van der Waals surface area contributed by atoms with Crippen LogP contribution >= 0.6 is 0 Å². The fourth-order valence-corrected chi connectivity index (χ4v) is 3.28. The van der Waals surface area contributed by atoms with E-state index in [-0.39, 0.29) is 23.4 Å². The summed E-state index contributed by atoms with van der Waals surface area (Å²) < 4.78 is 21.4. The number of benzene rings is 1. The Hall–Kier alpha value is -3.83. The van der Waals surface area contributed by atoms with Crippen LogP contribution in [0.3, 0.4) is 0 Å².